The summed E-state index contributed by atoms with van der Waals surface area (Å²) >= 11 is 6.15. The number of carbonyl (C=O) groups excluding carboxylic acids is 1. The Kier molecular flexibility index (Phi) is 7.43. The lowest BCUT2D eigenvalue weighted by Crippen LogP contribution is -2.43. The summed E-state index contributed by atoms with van der Waals surface area (Å²) < 4.78 is 18.7. The molecule has 3 rings (SSSR count). The van der Waals surface area contributed by atoms with Crippen molar-refractivity contribution in [3.8, 4) is 0 Å². The van der Waals surface area contributed by atoms with E-state index in [4.69, 9.17) is 16.3 Å². The number of halogens is 2. The van der Waals surface area contributed by atoms with Crippen molar-refractivity contribution in [2.24, 2.45) is 0 Å². The second-order valence-electron chi connectivity index (χ2n) is 7.10. The van der Waals surface area contributed by atoms with Crippen molar-refractivity contribution in [3.05, 3.63) is 70.0 Å². The van der Waals surface area contributed by atoms with Gasteiger partial charge in [-0.15, -0.1) is 0 Å². The van der Waals surface area contributed by atoms with Crippen LogP contribution in [0.2, 0.25) is 5.02 Å². The molecule has 1 saturated heterocycles. The second-order valence-corrected chi connectivity index (χ2v) is 7.51. The topological polar surface area (TPSA) is 41.6 Å². The molecule has 0 aliphatic carbocycles. The van der Waals surface area contributed by atoms with Crippen molar-refractivity contribution < 1.29 is 13.9 Å². The van der Waals surface area contributed by atoms with Gasteiger partial charge in [0.1, 0.15) is 5.82 Å². The Bertz CT molecular complexity index is 792. The average molecular weight is 405 g/mol. The Balaban J connectivity index is 1.58. The number of carbonyl (C=O) groups is 1. The van der Waals surface area contributed by atoms with Gasteiger partial charge in [0.05, 0.1) is 19.3 Å². The predicted octanol–water partition coefficient (Wildman–Crippen LogP) is 3.91. The molecule has 1 aliphatic rings. The number of nitrogens with one attached hydrogen (secondary N) is 1. The molecule has 0 saturated carbocycles. The first-order valence-corrected chi connectivity index (χ1v) is 10.00. The van der Waals surface area contributed by atoms with Crippen LogP contribution in [-0.4, -0.2) is 43.7 Å². The molecular formula is C22H26ClFN2O2. The van der Waals surface area contributed by atoms with Gasteiger partial charge >= 0.3 is 0 Å². The van der Waals surface area contributed by atoms with Crippen LogP contribution in [0, 0.1) is 12.7 Å². The van der Waals surface area contributed by atoms with Crippen LogP contribution in [0.4, 0.5) is 4.39 Å². The third-order valence-corrected chi connectivity index (χ3v) is 5.52. The number of nitrogens with zero attached hydrogens (tertiary/aromatic N) is 1. The highest BCUT2D eigenvalue weighted by atomic mass is 35.5. The molecule has 0 bridgehead atoms. The number of rotatable bonds is 7. The first-order chi connectivity index (χ1) is 13.5. The minimum absolute atomic E-state index is 0.00210. The van der Waals surface area contributed by atoms with E-state index < -0.39 is 0 Å². The third kappa shape index (κ3) is 5.77. The molecule has 2 aromatic carbocycles. The van der Waals surface area contributed by atoms with Crippen molar-refractivity contribution in [1.29, 1.82) is 0 Å². The number of hydrogen-bond acceptors (Lipinski definition) is 3. The molecule has 28 heavy (non-hydrogen) atoms. The Hall–Kier alpha value is -1.95. The van der Waals surface area contributed by atoms with E-state index in [-0.39, 0.29) is 17.8 Å². The van der Waals surface area contributed by atoms with Crippen molar-refractivity contribution in [1.82, 2.24) is 10.2 Å². The quantitative estimate of drug-likeness (QED) is 0.760. The zero-order chi connectivity index (χ0) is 19.9. The van der Waals surface area contributed by atoms with E-state index in [2.05, 4.69) is 10.2 Å². The number of morpholine rings is 1. The van der Waals surface area contributed by atoms with Crippen molar-refractivity contribution in [3.63, 3.8) is 0 Å². The van der Waals surface area contributed by atoms with Crippen LogP contribution in [0.1, 0.15) is 29.2 Å². The van der Waals surface area contributed by atoms with E-state index in [0.717, 1.165) is 34.8 Å². The summed E-state index contributed by atoms with van der Waals surface area (Å²) in [5, 5.41) is 3.76. The Morgan fingerprint density at radius 1 is 1.21 bits per heavy atom. The summed E-state index contributed by atoms with van der Waals surface area (Å²) in [6.07, 6.45) is 1.04. The number of hydrogen-bond donors (Lipinski definition) is 1. The first kappa shape index (κ1) is 20.8. The fraction of sp³-hybridized carbons (Fsp3) is 0.409. The smallest absolute Gasteiger partial charge is 0.220 e. The summed E-state index contributed by atoms with van der Waals surface area (Å²) in [5.41, 5.74) is 3.07. The average Bonchev–Trinajstić information content (AvgIpc) is 2.71. The normalized spacial score (nSPS) is 16.0. The Morgan fingerprint density at radius 2 is 1.93 bits per heavy atom. The van der Waals surface area contributed by atoms with Gasteiger partial charge in [-0.25, -0.2) is 4.39 Å². The lowest BCUT2D eigenvalue weighted by molar-refractivity contribution is -0.121. The lowest BCUT2D eigenvalue weighted by Gasteiger charge is -2.35. The molecule has 2 aromatic rings. The molecule has 1 amide bonds. The Morgan fingerprint density at radius 3 is 2.61 bits per heavy atom. The van der Waals surface area contributed by atoms with Gasteiger partial charge in [0.15, 0.2) is 0 Å². The molecule has 150 valence electrons. The molecule has 0 spiro atoms. The predicted molar refractivity (Wildman–Crippen MR) is 109 cm³/mol. The maximum Gasteiger partial charge on any atom is 0.220 e. The molecule has 1 aliphatic heterocycles. The van der Waals surface area contributed by atoms with Crippen LogP contribution in [0.5, 0.6) is 0 Å². The minimum atomic E-state index is -0.259. The van der Waals surface area contributed by atoms with E-state index in [1.165, 1.54) is 12.1 Å². The molecule has 1 N–H and O–H groups in total. The van der Waals surface area contributed by atoms with E-state index in [0.29, 0.717) is 32.6 Å². The molecule has 1 fully saturated rings. The molecule has 1 atom stereocenters. The lowest BCUT2D eigenvalue weighted by atomic mass is 10.0. The van der Waals surface area contributed by atoms with Crippen molar-refractivity contribution in [2.45, 2.75) is 25.8 Å². The zero-order valence-electron chi connectivity index (χ0n) is 16.1. The number of aryl methyl sites for hydroxylation is 2. The molecule has 0 aromatic heterocycles. The maximum absolute atomic E-state index is 13.3. The van der Waals surface area contributed by atoms with Crippen molar-refractivity contribution in [2.75, 3.05) is 32.8 Å². The molecule has 0 radical (unpaired) electrons. The fourth-order valence-corrected chi connectivity index (χ4v) is 3.58. The monoisotopic (exact) mass is 404 g/mol. The van der Waals surface area contributed by atoms with Crippen molar-refractivity contribution >= 4 is 17.5 Å². The first-order valence-electron chi connectivity index (χ1n) is 9.62. The molecule has 1 heterocycles. The second kappa shape index (κ2) is 10.0. The van der Waals surface area contributed by atoms with Crippen LogP contribution in [0.15, 0.2) is 42.5 Å². The molecule has 4 nitrogen and oxygen atoms in total. The van der Waals surface area contributed by atoms with E-state index >= 15 is 0 Å². The van der Waals surface area contributed by atoms with Gasteiger partial charge in [0.25, 0.3) is 0 Å². The summed E-state index contributed by atoms with van der Waals surface area (Å²) in [4.78, 5) is 14.7. The maximum atomic E-state index is 13.3. The van der Waals surface area contributed by atoms with Crippen LogP contribution < -0.4 is 5.32 Å². The molecule has 1 unspecified atom stereocenters. The highest BCUT2D eigenvalue weighted by molar-refractivity contribution is 6.31. The SMILES string of the molecule is Cc1ccc(CCC(=O)NCC(c2ccc(F)cc2)N2CCOCC2)cc1Cl. The number of benzene rings is 2. The van der Waals surface area contributed by atoms with Crippen LogP contribution in [0.3, 0.4) is 0 Å². The summed E-state index contributed by atoms with van der Waals surface area (Å²) in [6.45, 7) is 5.36. The van der Waals surface area contributed by atoms with Gasteiger partial charge < -0.3 is 10.1 Å². The number of amides is 1. The Labute approximate surface area is 170 Å². The van der Waals surface area contributed by atoms with Gasteiger partial charge in [-0.3, -0.25) is 9.69 Å². The van der Waals surface area contributed by atoms with Gasteiger partial charge in [0.2, 0.25) is 5.91 Å². The van der Waals surface area contributed by atoms with E-state index in [9.17, 15) is 9.18 Å². The van der Waals surface area contributed by atoms with Crippen LogP contribution in [-0.2, 0) is 16.0 Å². The highest BCUT2D eigenvalue weighted by Gasteiger charge is 2.23. The standard InChI is InChI=1S/C22H26ClFN2O2/c1-16-2-3-17(14-20(16)23)4-9-22(27)25-15-21(26-10-12-28-13-11-26)18-5-7-19(24)8-6-18/h2-3,5-8,14,21H,4,9-13,15H2,1H3,(H,25,27). The minimum Gasteiger partial charge on any atom is -0.379 e. The molecule has 6 heteroatoms. The fourth-order valence-electron chi connectivity index (χ4n) is 3.38. The van der Waals surface area contributed by atoms with Gasteiger partial charge in [-0.1, -0.05) is 35.9 Å². The zero-order valence-corrected chi connectivity index (χ0v) is 16.8. The largest absolute Gasteiger partial charge is 0.379 e. The van der Waals surface area contributed by atoms with Crippen LogP contribution in [0.25, 0.3) is 0 Å². The summed E-state index contributed by atoms with van der Waals surface area (Å²) in [6, 6.07) is 12.4. The third-order valence-electron chi connectivity index (χ3n) is 5.11. The van der Waals surface area contributed by atoms with Crippen LogP contribution >= 0.6 is 11.6 Å². The van der Waals surface area contributed by atoms with Gasteiger partial charge in [0, 0.05) is 31.1 Å². The number of ether oxygens (including phenoxy) is 1. The summed E-state index contributed by atoms with van der Waals surface area (Å²) in [7, 11) is 0. The highest BCUT2D eigenvalue weighted by Crippen LogP contribution is 2.22. The van der Waals surface area contributed by atoms with E-state index in [1.54, 1.807) is 12.1 Å². The van der Waals surface area contributed by atoms with Gasteiger partial charge in [-0.2, -0.15) is 0 Å². The summed E-state index contributed by atoms with van der Waals surface area (Å²) in [5.74, 6) is -0.262. The molecular weight excluding hydrogens is 379 g/mol. The van der Waals surface area contributed by atoms with Gasteiger partial charge in [-0.05, 0) is 48.2 Å². The van der Waals surface area contributed by atoms with E-state index in [1.807, 2.05) is 25.1 Å².